The molecule has 0 aliphatic carbocycles. The number of hydrogen-bond donors (Lipinski definition) is 1. The molecule has 5 heteroatoms. The van der Waals surface area contributed by atoms with Crippen molar-refractivity contribution in [1.29, 1.82) is 0 Å². The Morgan fingerprint density at radius 1 is 1.18 bits per heavy atom. The third-order valence-corrected chi connectivity index (χ3v) is 4.77. The number of nitrogens with zero attached hydrogens (tertiary/aromatic N) is 2. The summed E-state index contributed by atoms with van der Waals surface area (Å²) in [7, 11) is 0. The lowest BCUT2D eigenvalue weighted by atomic mass is 10.0. The monoisotopic (exact) mass is 302 g/mol. The number of carboxylic acid groups (broad SMARTS) is 1. The molecule has 1 N–H and O–H groups in total. The molecule has 2 heterocycles. The zero-order valence-corrected chi connectivity index (χ0v) is 12.9. The van der Waals surface area contributed by atoms with E-state index < -0.39 is 5.97 Å². The zero-order chi connectivity index (χ0) is 15.7. The summed E-state index contributed by atoms with van der Waals surface area (Å²) in [6.45, 7) is 3.97. The van der Waals surface area contributed by atoms with E-state index >= 15 is 0 Å². The molecule has 2 aliphatic rings. The van der Waals surface area contributed by atoms with Gasteiger partial charge in [0.15, 0.2) is 0 Å². The maximum absolute atomic E-state index is 12.8. The van der Waals surface area contributed by atoms with Crippen LogP contribution in [0.25, 0.3) is 0 Å². The molecule has 3 rings (SSSR count). The standard InChI is InChI=1S/C17H22N2O3/c1-12-4-6-14(7-5-12)19-9-2-3-15(16(19)20)18-10-8-13(11-18)17(21)22/h4-7,13,15H,2-3,8-11H2,1H3,(H,21,22). The average Bonchev–Trinajstić information content (AvgIpc) is 2.98. The summed E-state index contributed by atoms with van der Waals surface area (Å²) in [5, 5.41) is 9.13. The molecule has 2 fully saturated rings. The van der Waals surface area contributed by atoms with Crippen LogP contribution in [0.5, 0.6) is 0 Å². The van der Waals surface area contributed by atoms with Gasteiger partial charge in [-0.3, -0.25) is 14.5 Å². The van der Waals surface area contributed by atoms with Gasteiger partial charge in [-0.25, -0.2) is 0 Å². The molecule has 118 valence electrons. The van der Waals surface area contributed by atoms with E-state index in [1.165, 1.54) is 5.56 Å². The molecule has 0 spiro atoms. The summed E-state index contributed by atoms with van der Waals surface area (Å²) in [5.74, 6) is -0.968. The second kappa shape index (κ2) is 6.08. The number of piperidine rings is 1. The smallest absolute Gasteiger partial charge is 0.307 e. The fourth-order valence-electron chi connectivity index (χ4n) is 3.45. The van der Waals surface area contributed by atoms with Gasteiger partial charge in [0.2, 0.25) is 5.91 Å². The molecule has 2 aliphatic heterocycles. The van der Waals surface area contributed by atoms with Crippen molar-refractivity contribution in [3.8, 4) is 0 Å². The first-order valence-electron chi connectivity index (χ1n) is 7.91. The van der Waals surface area contributed by atoms with Crippen molar-refractivity contribution in [2.45, 2.75) is 32.2 Å². The van der Waals surface area contributed by atoms with E-state index in [9.17, 15) is 9.59 Å². The van der Waals surface area contributed by atoms with Crippen molar-refractivity contribution < 1.29 is 14.7 Å². The summed E-state index contributed by atoms with van der Waals surface area (Å²) >= 11 is 0. The van der Waals surface area contributed by atoms with E-state index in [1.807, 2.05) is 36.1 Å². The number of likely N-dealkylation sites (tertiary alicyclic amines) is 1. The Labute approximate surface area is 130 Å². The molecule has 1 aromatic carbocycles. The molecule has 0 radical (unpaired) electrons. The minimum absolute atomic E-state index is 0.112. The van der Waals surface area contributed by atoms with E-state index in [0.717, 1.165) is 25.1 Å². The predicted molar refractivity (Wildman–Crippen MR) is 83.9 cm³/mol. The number of carboxylic acids is 1. The Kier molecular flexibility index (Phi) is 4.16. The number of aliphatic carboxylic acids is 1. The molecule has 0 aromatic heterocycles. The normalized spacial score (nSPS) is 26.4. The summed E-state index contributed by atoms with van der Waals surface area (Å²) in [4.78, 5) is 27.8. The molecule has 2 saturated heterocycles. The van der Waals surface area contributed by atoms with Crippen molar-refractivity contribution in [3.05, 3.63) is 29.8 Å². The van der Waals surface area contributed by atoms with E-state index in [-0.39, 0.29) is 17.9 Å². The quantitative estimate of drug-likeness (QED) is 0.926. The van der Waals surface area contributed by atoms with Crippen LogP contribution in [0.15, 0.2) is 24.3 Å². The van der Waals surface area contributed by atoms with Gasteiger partial charge in [-0.2, -0.15) is 0 Å². The highest BCUT2D eigenvalue weighted by Crippen LogP contribution is 2.27. The van der Waals surface area contributed by atoms with Crippen molar-refractivity contribution >= 4 is 17.6 Å². The number of anilines is 1. The first kappa shape index (κ1) is 15.0. The molecule has 1 amide bonds. The van der Waals surface area contributed by atoms with Crippen LogP contribution in [0.4, 0.5) is 5.69 Å². The number of aryl methyl sites for hydroxylation is 1. The minimum Gasteiger partial charge on any atom is -0.481 e. The zero-order valence-electron chi connectivity index (χ0n) is 12.9. The highest BCUT2D eigenvalue weighted by Gasteiger charge is 2.39. The Bertz CT molecular complexity index is 570. The molecule has 0 bridgehead atoms. The van der Waals surface area contributed by atoms with Gasteiger partial charge >= 0.3 is 5.97 Å². The van der Waals surface area contributed by atoms with E-state index in [2.05, 4.69) is 4.90 Å². The number of carbonyl (C=O) groups excluding carboxylic acids is 1. The van der Waals surface area contributed by atoms with Gasteiger partial charge in [0.25, 0.3) is 0 Å². The second-order valence-corrected chi connectivity index (χ2v) is 6.30. The van der Waals surface area contributed by atoms with E-state index in [4.69, 9.17) is 5.11 Å². The van der Waals surface area contributed by atoms with Gasteiger partial charge in [0, 0.05) is 18.8 Å². The van der Waals surface area contributed by atoms with Gasteiger partial charge in [-0.15, -0.1) is 0 Å². The van der Waals surface area contributed by atoms with Crippen LogP contribution in [-0.4, -0.2) is 47.6 Å². The Balaban J connectivity index is 1.73. The number of amides is 1. The van der Waals surface area contributed by atoms with Gasteiger partial charge in [-0.05, 0) is 44.9 Å². The van der Waals surface area contributed by atoms with E-state index in [0.29, 0.717) is 19.5 Å². The Morgan fingerprint density at radius 3 is 2.55 bits per heavy atom. The third kappa shape index (κ3) is 2.86. The average molecular weight is 302 g/mol. The van der Waals surface area contributed by atoms with Gasteiger partial charge in [0.05, 0.1) is 12.0 Å². The van der Waals surface area contributed by atoms with Crippen LogP contribution in [0.1, 0.15) is 24.8 Å². The SMILES string of the molecule is Cc1ccc(N2CCCC(N3CCC(C(=O)O)C3)C2=O)cc1. The summed E-state index contributed by atoms with van der Waals surface area (Å²) in [5.41, 5.74) is 2.11. The van der Waals surface area contributed by atoms with Crippen molar-refractivity contribution in [1.82, 2.24) is 4.90 Å². The highest BCUT2D eigenvalue weighted by atomic mass is 16.4. The number of hydrogen-bond acceptors (Lipinski definition) is 3. The topological polar surface area (TPSA) is 60.9 Å². The molecule has 5 nitrogen and oxygen atoms in total. The minimum atomic E-state index is -0.749. The van der Waals surface area contributed by atoms with Crippen LogP contribution < -0.4 is 4.90 Å². The first-order chi connectivity index (χ1) is 10.6. The summed E-state index contributed by atoms with van der Waals surface area (Å²) in [6.07, 6.45) is 2.43. The lowest BCUT2D eigenvalue weighted by molar-refractivity contribution is -0.141. The van der Waals surface area contributed by atoms with E-state index in [1.54, 1.807) is 0 Å². The molecule has 2 atom stereocenters. The fourth-order valence-corrected chi connectivity index (χ4v) is 3.45. The summed E-state index contributed by atoms with van der Waals surface area (Å²) < 4.78 is 0. The Morgan fingerprint density at radius 2 is 1.91 bits per heavy atom. The van der Waals surface area contributed by atoms with Gasteiger partial charge < -0.3 is 10.0 Å². The largest absolute Gasteiger partial charge is 0.481 e. The lowest BCUT2D eigenvalue weighted by Gasteiger charge is -2.36. The van der Waals surface area contributed by atoms with Crippen molar-refractivity contribution in [2.75, 3.05) is 24.5 Å². The van der Waals surface area contributed by atoms with Crippen LogP contribution >= 0.6 is 0 Å². The maximum atomic E-state index is 12.8. The molecule has 22 heavy (non-hydrogen) atoms. The third-order valence-electron chi connectivity index (χ3n) is 4.77. The van der Waals surface area contributed by atoms with Gasteiger partial charge in [0.1, 0.15) is 0 Å². The summed E-state index contributed by atoms with van der Waals surface area (Å²) in [6, 6.07) is 7.84. The molecule has 2 unspecified atom stereocenters. The van der Waals surface area contributed by atoms with Crippen LogP contribution in [0.2, 0.25) is 0 Å². The first-order valence-corrected chi connectivity index (χ1v) is 7.91. The molecular formula is C17H22N2O3. The lowest BCUT2D eigenvalue weighted by Crippen LogP contribution is -2.52. The molecule has 1 aromatic rings. The predicted octanol–water partition coefficient (Wildman–Crippen LogP) is 1.90. The highest BCUT2D eigenvalue weighted by molar-refractivity contribution is 5.98. The molecule has 0 saturated carbocycles. The van der Waals surface area contributed by atoms with Crippen molar-refractivity contribution in [3.63, 3.8) is 0 Å². The van der Waals surface area contributed by atoms with Crippen LogP contribution in [0.3, 0.4) is 0 Å². The number of rotatable bonds is 3. The number of carbonyl (C=O) groups is 2. The Hall–Kier alpha value is -1.88. The molecular weight excluding hydrogens is 280 g/mol. The van der Waals surface area contributed by atoms with Crippen LogP contribution in [-0.2, 0) is 9.59 Å². The maximum Gasteiger partial charge on any atom is 0.307 e. The second-order valence-electron chi connectivity index (χ2n) is 6.30. The number of benzene rings is 1. The van der Waals surface area contributed by atoms with Gasteiger partial charge in [-0.1, -0.05) is 17.7 Å². The fraction of sp³-hybridized carbons (Fsp3) is 0.529. The van der Waals surface area contributed by atoms with Crippen molar-refractivity contribution in [2.24, 2.45) is 5.92 Å². The van der Waals surface area contributed by atoms with Crippen LogP contribution in [0, 0.1) is 12.8 Å².